The molecule has 2 atom stereocenters. The molecule has 2 aliphatic rings. The quantitative estimate of drug-likeness (QED) is 0.772. The Labute approximate surface area is 148 Å². The third-order valence-electron chi connectivity index (χ3n) is 4.79. The molecule has 0 N–H and O–H groups in total. The van der Waals surface area contributed by atoms with Crippen LogP contribution in [0.2, 0.25) is 0 Å². The zero-order valence-electron chi connectivity index (χ0n) is 15.0. The molecule has 1 aromatic heterocycles. The number of hydrogen-bond donors (Lipinski definition) is 0. The highest BCUT2D eigenvalue weighted by molar-refractivity contribution is 5.80. The van der Waals surface area contributed by atoms with Crippen LogP contribution in [0, 0.1) is 0 Å². The van der Waals surface area contributed by atoms with Crippen molar-refractivity contribution in [2.45, 2.75) is 32.0 Å². The van der Waals surface area contributed by atoms with Crippen LogP contribution >= 0.6 is 0 Å². The number of aromatic nitrogens is 1. The summed E-state index contributed by atoms with van der Waals surface area (Å²) in [5.41, 5.74) is 1.02. The Morgan fingerprint density at radius 3 is 2.84 bits per heavy atom. The highest BCUT2D eigenvalue weighted by atomic mass is 16.5. The van der Waals surface area contributed by atoms with E-state index in [1.54, 1.807) is 13.3 Å². The molecule has 138 valence electrons. The Morgan fingerprint density at radius 2 is 2.16 bits per heavy atom. The molecule has 0 unspecified atom stereocenters. The van der Waals surface area contributed by atoms with Gasteiger partial charge in [-0.05, 0) is 19.8 Å². The Hall–Kier alpha value is -1.86. The van der Waals surface area contributed by atoms with Gasteiger partial charge in [-0.1, -0.05) is 0 Å². The van der Waals surface area contributed by atoms with Gasteiger partial charge in [-0.25, -0.2) is 0 Å². The van der Waals surface area contributed by atoms with Crippen molar-refractivity contribution in [1.29, 1.82) is 0 Å². The molecule has 2 saturated heterocycles. The molecule has 7 nitrogen and oxygen atoms in total. The molecule has 2 aliphatic heterocycles. The van der Waals surface area contributed by atoms with Gasteiger partial charge in [0.1, 0.15) is 11.9 Å². The van der Waals surface area contributed by atoms with Gasteiger partial charge in [-0.15, -0.1) is 0 Å². The van der Waals surface area contributed by atoms with E-state index in [0.29, 0.717) is 19.7 Å². The summed E-state index contributed by atoms with van der Waals surface area (Å²) in [5, 5.41) is 0. The number of nitrogens with zero attached hydrogens (tertiary/aromatic N) is 3. The van der Waals surface area contributed by atoms with Gasteiger partial charge in [0.25, 0.3) is 5.91 Å². The van der Waals surface area contributed by atoms with Crippen molar-refractivity contribution >= 4 is 11.6 Å². The topological polar surface area (TPSA) is 64.1 Å². The van der Waals surface area contributed by atoms with Crippen molar-refractivity contribution in [2.24, 2.45) is 0 Å². The van der Waals surface area contributed by atoms with Crippen LogP contribution in [-0.4, -0.2) is 74.5 Å². The predicted molar refractivity (Wildman–Crippen MR) is 94.0 cm³/mol. The van der Waals surface area contributed by atoms with E-state index in [1.165, 1.54) is 0 Å². The average Bonchev–Trinajstić information content (AvgIpc) is 3.19. The minimum absolute atomic E-state index is 0.0569. The van der Waals surface area contributed by atoms with Gasteiger partial charge < -0.3 is 24.0 Å². The predicted octanol–water partition coefficient (Wildman–Crippen LogP) is 1.32. The first kappa shape index (κ1) is 17.9. The number of carbonyl (C=O) groups excluding carboxylic acids is 1. The van der Waals surface area contributed by atoms with Crippen LogP contribution in [0.1, 0.15) is 19.8 Å². The molecule has 0 aliphatic carbocycles. The number of piperazine rings is 1. The fourth-order valence-corrected chi connectivity index (χ4v) is 3.23. The van der Waals surface area contributed by atoms with E-state index in [9.17, 15) is 4.79 Å². The maximum absolute atomic E-state index is 12.6. The van der Waals surface area contributed by atoms with Crippen molar-refractivity contribution in [3.8, 4) is 5.75 Å². The second-order valence-corrected chi connectivity index (χ2v) is 6.51. The van der Waals surface area contributed by atoms with Gasteiger partial charge in [0.2, 0.25) is 0 Å². The second kappa shape index (κ2) is 8.49. The SMILES string of the molecule is COc1cncc(N2CCN(C(=O)[C@@H](C)OC[C@H]3CCCO3)CC2)c1. The second-order valence-electron chi connectivity index (χ2n) is 6.51. The van der Waals surface area contributed by atoms with Crippen molar-refractivity contribution in [2.75, 3.05) is 51.4 Å². The van der Waals surface area contributed by atoms with Crippen LogP contribution in [0.15, 0.2) is 18.5 Å². The van der Waals surface area contributed by atoms with Crippen molar-refractivity contribution in [3.05, 3.63) is 18.5 Å². The number of amides is 1. The van der Waals surface area contributed by atoms with E-state index in [1.807, 2.05) is 24.1 Å². The Balaban J connectivity index is 1.46. The molecule has 3 heterocycles. The highest BCUT2D eigenvalue weighted by Crippen LogP contribution is 2.21. The average molecular weight is 349 g/mol. The summed E-state index contributed by atoms with van der Waals surface area (Å²) in [4.78, 5) is 20.9. The molecule has 0 aromatic carbocycles. The van der Waals surface area contributed by atoms with Crippen LogP contribution in [0.4, 0.5) is 5.69 Å². The lowest BCUT2D eigenvalue weighted by Crippen LogP contribution is -2.51. The summed E-state index contributed by atoms with van der Waals surface area (Å²) in [6.45, 7) is 6.06. The number of pyridine rings is 1. The van der Waals surface area contributed by atoms with E-state index >= 15 is 0 Å². The molecule has 2 fully saturated rings. The van der Waals surface area contributed by atoms with Gasteiger partial charge in [0.15, 0.2) is 0 Å². The van der Waals surface area contributed by atoms with Crippen LogP contribution in [0.25, 0.3) is 0 Å². The first-order chi connectivity index (χ1) is 12.2. The van der Waals surface area contributed by atoms with Gasteiger partial charge in [0.05, 0.1) is 37.9 Å². The smallest absolute Gasteiger partial charge is 0.251 e. The van der Waals surface area contributed by atoms with E-state index in [-0.39, 0.29) is 12.0 Å². The summed E-state index contributed by atoms with van der Waals surface area (Å²) < 4.78 is 16.5. The molecule has 7 heteroatoms. The number of hydrogen-bond acceptors (Lipinski definition) is 6. The minimum Gasteiger partial charge on any atom is -0.495 e. The minimum atomic E-state index is -0.422. The monoisotopic (exact) mass is 349 g/mol. The number of rotatable bonds is 6. The van der Waals surface area contributed by atoms with Gasteiger partial charge in [-0.3, -0.25) is 9.78 Å². The molecule has 25 heavy (non-hydrogen) atoms. The normalized spacial score (nSPS) is 22.1. The molecule has 3 rings (SSSR count). The van der Waals surface area contributed by atoms with E-state index in [2.05, 4.69) is 9.88 Å². The highest BCUT2D eigenvalue weighted by Gasteiger charge is 2.27. The third kappa shape index (κ3) is 4.61. The van der Waals surface area contributed by atoms with Crippen LogP contribution < -0.4 is 9.64 Å². The molecule has 0 spiro atoms. The number of carbonyl (C=O) groups is 1. The lowest BCUT2D eigenvalue weighted by molar-refractivity contribution is -0.144. The summed E-state index contributed by atoms with van der Waals surface area (Å²) in [6.07, 6.45) is 5.34. The maximum Gasteiger partial charge on any atom is 0.251 e. The Bertz CT molecular complexity index is 569. The third-order valence-corrected chi connectivity index (χ3v) is 4.79. The summed E-state index contributed by atoms with van der Waals surface area (Å²) in [5.74, 6) is 0.800. The lowest BCUT2D eigenvalue weighted by Gasteiger charge is -2.37. The van der Waals surface area contributed by atoms with E-state index in [4.69, 9.17) is 14.2 Å². The Morgan fingerprint density at radius 1 is 1.36 bits per heavy atom. The summed E-state index contributed by atoms with van der Waals surface area (Å²) in [7, 11) is 1.63. The zero-order valence-corrected chi connectivity index (χ0v) is 15.0. The van der Waals surface area contributed by atoms with Gasteiger partial charge in [0, 0.05) is 38.9 Å². The fourth-order valence-electron chi connectivity index (χ4n) is 3.23. The Kier molecular flexibility index (Phi) is 6.09. The van der Waals surface area contributed by atoms with Gasteiger partial charge in [-0.2, -0.15) is 0 Å². The summed E-state index contributed by atoms with van der Waals surface area (Å²) in [6, 6.07) is 1.97. The van der Waals surface area contributed by atoms with Crippen molar-refractivity contribution in [1.82, 2.24) is 9.88 Å². The standard InChI is InChI=1S/C18H27N3O4/c1-14(25-13-16-4-3-9-24-16)18(22)21-7-5-20(6-8-21)15-10-17(23-2)12-19-11-15/h10-12,14,16H,3-9,13H2,1-2H3/t14-,16-/m1/s1. The molecular weight excluding hydrogens is 322 g/mol. The zero-order chi connectivity index (χ0) is 17.6. The summed E-state index contributed by atoms with van der Waals surface area (Å²) >= 11 is 0. The molecule has 0 radical (unpaired) electrons. The number of ether oxygens (including phenoxy) is 3. The van der Waals surface area contributed by atoms with E-state index in [0.717, 1.165) is 44.0 Å². The van der Waals surface area contributed by atoms with Crippen molar-refractivity contribution < 1.29 is 19.0 Å². The van der Waals surface area contributed by atoms with Crippen LogP contribution in [0.5, 0.6) is 5.75 Å². The maximum atomic E-state index is 12.6. The first-order valence-corrected chi connectivity index (χ1v) is 8.93. The largest absolute Gasteiger partial charge is 0.495 e. The molecule has 0 saturated carbocycles. The van der Waals surface area contributed by atoms with Crippen LogP contribution in [-0.2, 0) is 14.3 Å². The van der Waals surface area contributed by atoms with E-state index < -0.39 is 6.10 Å². The van der Waals surface area contributed by atoms with Gasteiger partial charge >= 0.3 is 0 Å². The molecule has 1 aromatic rings. The van der Waals surface area contributed by atoms with Crippen LogP contribution in [0.3, 0.4) is 0 Å². The molecule has 1 amide bonds. The first-order valence-electron chi connectivity index (χ1n) is 8.93. The lowest BCUT2D eigenvalue weighted by atomic mass is 10.2. The number of anilines is 1. The molecule has 0 bridgehead atoms. The fraction of sp³-hybridized carbons (Fsp3) is 0.667. The number of methoxy groups -OCH3 is 1. The van der Waals surface area contributed by atoms with Crippen molar-refractivity contribution in [3.63, 3.8) is 0 Å². The molecular formula is C18H27N3O4.